The molecular weight excluding hydrogens is 330 g/mol. The number of primary amides is 1. The Balaban J connectivity index is 1.70. The molecule has 7 nitrogen and oxygen atoms in total. The number of carbonyl (C=O) groups excluding carboxylic acids is 2. The lowest BCUT2D eigenvalue weighted by molar-refractivity contribution is -0.119. The molecule has 0 saturated heterocycles. The predicted octanol–water partition coefficient (Wildman–Crippen LogP) is 1.29. The Kier molecular flexibility index (Phi) is 4.94. The number of anilines is 1. The van der Waals surface area contributed by atoms with Crippen molar-refractivity contribution in [3.8, 4) is 6.07 Å². The van der Waals surface area contributed by atoms with Gasteiger partial charge >= 0.3 is 0 Å². The van der Waals surface area contributed by atoms with Crippen molar-refractivity contribution in [1.82, 2.24) is 5.32 Å². The Hall–Kier alpha value is -3.66. The molecule has 0 saturated carbocycles. The molecule has 0 aliphatic carbocycles. The zero-order valence-electron chi connectivity index (χ0n) is 13.9. The van der Waals surface area contributed by atoms with Crippen molar-refractivity contribution in [1.29, 1.82) is 5.26 Å². The molecule has 0 fully saturated rings. The van der Waals surface area contributed by atoms with Crippen LogP contribution in [0.5, 0.6) is 0 Å². The Morgan fingerprint density at radius 1 is 1.19 bits per heavy atom. The number of nitrogens with zero attached hydrogens (tertiary/aromatic N) is 3. The van der Waals surface area contributed by atoms with E-state index in [0.717, 1.165) is 5.56 Å². The second kappa shape index (κ2) is 7.49. The fraction of sp³-hybridized carbons (Fsp3) is 0.158. The van der Waals surface area contributed by atoms with Crippen LogP contribution < -0.4 is 16.1 Å². The molecule has 0 radical (unpaired) electrons. The zero-order chi connectivity index (χ0) is 18.5. The van der Waals surface area contributed by atoms with Gasteiger partial charge < -0.3 is 11.1 Å². The fourth-order valence-electron chi connectivity index (χ4n) is 2.67. The molecule has 2 amide bonds. The highest BCUT2D eigenvalue weighted by Crippen LogP contribution is 2.24. The third kappa shape index (κ3) is 3.70. The molecule has 1 atom stereocenters. The number of para-hydroxylation sites is 1. The van der Waals surface area contributed by atoms with Gasteiger partial charge in [-0.1, -0.05) is 30.3 Å². The van der Waals surface area contributed by atoms with Gasteiger partial charge in [0.2, 0.25) is 5.91 Å². The highest BCUT2D eigenvalue weighted by atomic mass is 16.2. The van der Waals surface area contributed by atoms with Gasteiger partial charge in [0.15, 0.2) is 0 Å². The van der Waals surface area contributed by atoms with Crippen molar-refractivity contribution in [3.05, 3.63) is 65.7 Å². The molecule has 0 bridgehead atoms. The molecular formula is C19H17N5O2. The van der Waals surface area contributed by atoms with Crippen molar-refractivity contribution in [2.75, 3.05) is 5.01 Å². The highest BCUT2D eigenvalue weighted by molar-refractivity contribution is 6.40. The van der Waals surface area contributed by atoms with Crippen LogP contribution in [0.15, 0.2) is 59.7 Å². The van der Waals surface area contributed by atoms with Gasteiger partial charge in [-0.3, -0.25) is 14.6 Å². The summed E-state index contributed by atoms with van der Waals surface area (Å²) >= 11 is 0. The van der Waals surface area contributed by atoms with E-state index in [0.29, 0.717) is 17.8 Å². The van der Waals surface area contributed by atoms with Crippen LogP contribution in [0.25, 0.3) is 0 Å². The summed E-state index contributed by atoms with van der Waals surface area (Å²) in [5, 5.41) is 17.4. The van der Waals surface area contributed by atoms with Crippen LogP contribution in [0.3, 0.4) is 0 Å². The number of hydrogen-bond acceptors (Lipinski definition) is 5. The monoisotopic (exact) mass is 347 g/mol. The van der Waals surface area contributed by atoms with E-state index in [4.69, 9.17) is 11.0 Å². The van der Waals surface area contributed by atoms with Gasteiger partial charge in [0.05, 0.1) is 17.3 Å². The van der Waals surface area contributed by atoms with Crippen molar-refractivity contribution in [2.24, 2.45) is 10.8 Å². The SMILES string of the molecule is N#Cc1ccc(CNC(=O)C2=NN(c3ccccc3)[C@H](C(N)=O)C2)cc1. The molecule has 2 aromatic carbocycles. The van der Waals surface area contributed by atoms with Crippen LogP contribution in [-0.4, -0.2) is 23.6 Å². The van der Waals surface area contributed by atoms with E-state index >= 15 is 0 Å². The van der Waals surface area contributed by atoms with Gasteiger partial charge in [-0.2, -0.15) is 10.4 Å². The van der Waals surface area contributed by atoms with E-state index in [1.165, 1.54) is 5.01 Å². The summed E-state index contributed by atoms with van der Waals surface area (Å²) in [5.41, 5.74) is 7.85. The van der Waals surface area contributed by atoms with Crippen LogP contribution in [0, 0.1) is 11.3 Å². The first-order chi connectivity index (χ1) is 12.6. The van der Waals surface area contributed by atoms with Gasteiger partial charge in [-0.25, -0.2) is 0 Å². The normalized spacial score (nSPS) is 15.9. The van der Waals surface area contributed by atoms with E-state index in [2.05, 4.69) is 10.4 Å². The zero-order valence-corrected chi connectivity index (χ0v) is 13.9. The smallest absolute Gasteiger partial charge is 0.267 e. The molecule has 0 spiro atoms. The standard InChI is InChI=1S/C19H17N5O2/c20-11-13-6-8-14(9-7-13)12-22-19(26)16-10-17(18(21)25)24(23-16)15-4-2-1-3-5-15/h1-9,17H,10,12H2,(H2,21,25)(H,22,26)/t17-/m0/s1. The molecule has 1 aliphatic rings. The lowest BCUT2D eigenvalue weighted by Crippen LogP contribution is -2.39. The fourth-order valence-corrected chi connectivity index (χ4v) is 2.67. The van der Waals surface area contributed by atoms with Gasteiger partial charge in [0.25, 0.3) is 5.91 Å². The summed E-state index contributed by atoms with van der Waals surface area (Å²) < 4.78 is 0. The first-order valence-electron chi connectivity index (χ1n) is 8.07. The second-order valence-corrected chi connectivity index (χ2v) is 5.84. The number of nitrogens with one attached hydrogen (secondary N) is 1. The summed E-state index contributed by atoms with van der Waals surface area (Å²) in [5.74, 6) is -0.883. The van der Waals surface area contributed by atoms with Crippen LogP contribution in [0.1, 0.15) is 17.5 Å². The number of carbonyl (C=O) groups is 2. The van der Waals surface area contributed by atoms with Crippen LogP contribution in [0.4, 0.5) is 5.69 Å². The van der Waals surface area contributed by atoms with Gasteiger partial charge in [-0.15, -0.1) is 0 Å². The Bertz CT molecular complexity index is 884. The molecule has 1 heterocycles. The quantitative estimate of drug-likeness (QED) is 0.849. The van der Waals surface area contributed by atoms with Crippen LogP contribution in [-0.2, 0) is 16.1 Å². The summed E-state index contributed by atoms with van der Waals surface area (Å²) in [7, 11) is 0. The van der Waals surface area contributed by atoms with Gasteiger partial charge in [0, 0.05) is 13.0 Å². The van der Waals surface area contributed by atoms with Crippen molar-refractivity contribution in [3.63, 3.8) is 0 Å². The highest BCUT2D eigenvalue weighted by Gasteiger charge is 2.34. The molecule has 1 aliphatic heterocycles. The van der Waals surface area contributed by atoms with E-state index < -0.39 is 11.9 Å². The van der Waals surface area contributed by atoms with E-state index in [9.17, 15) is 9.59 Å². The summed E-state index contributed by atoms with van der Waals surface area (Å²) in [4.78, 5) is 24.2. The predicted molar refractivity (Wildman–Crippen MR) is 97.0 cm³/mol. The molecule has 7 heteroatoms. The molecule has 0 unspecified atom stereocenters. The Morgan fingerprint density at radius 2 is 1.88 bits per heavy atom. The molecule has 26 heavy (non-hydrogen) atoms. The average molecular weight is 347 g/mol. The first kappa shape index (κ1) is 17.2. The van der Waals surface area contributed by atoms with Crippen molar-refractivity contribution >= 4 is 23.2 Å². The molecule has 2 aromatic rings. The number of rotatable bonds is 5. The maximum Gasteiger partial charge on any atom is 0.267 e. The maximum atomic E-state index is 12.4. The average Bonchev–Trinajstić information content (AvgIpc) is 3.13. The minimum absolute atomic E-state index is 0.156. The van der Waals surface area contributed by atoms with E-state index in [1.807, 2.05) is 24.3 Å². The van der Waals surface area contributed by atoms with Crippen molar-refractivity contribution in [2.45, 2.75) is 19.0 Å². The second-order valence-electron chi connectivity index (χ2n) is 5.84. The van der Waals surface area contributed by atoms with Crippen LogP contribution >= 0.6 is 0 Å². The maximum absolute atomic E-state index is 12.4. The lowest BCUT2D eigenvalue weighted by atomic mass is 10.1. The number of amides is 2. The lowest BCUT2D eigenvalue weighted by Gasteiger charge is -2.20. The van der Waals surface area contributed by atoms with Crippen LogP contribution in [0.2, 0.25) is 0 Å². The minimum Gasteiger partial charge on any atom is -0.368 e. The van der Waals surface area contributed by atoms with E-state index in [-0.39, 0.29) is 18.0 Å². The molecule has 0 aromatic heterocycles. The molecule has 3 N–H and O–H groups in total. The minimum atomic E-state index is -0.687. The number of hydrazone groups is 1. The third-order valence-electron chi connectivity index (χ3n) is 4.06. The van der Waals surface area contributed by atoms with E-state index in [1.54, 1.807) is 36.4 Å². The largest absolute Gasteiger partial charge is 0.368 e. The Morgan fingerprint density at radius 3 is 2.50 bits per heavy atom. The third-order valence-corrected chi connectivity index (χ3v) is 4.06. The van der Waals surface area contributed by atoms with Gasteiger partial charge in [0.1, 0.15) is 11.8 Å². The summed E-state index contributed by atoms with van der Waals surface area (Å²) in [6, 6.07) is 17.4. The number of benzene rings is 2. The molecule has 3 rings (SSSR count). The first-order valence-corrected chi connectivity index (χ1v) is 8.07. The summed E-state index contributed by atoms with van der Waals surface area (Å²) in [6.45, 7) is 0.302. The number of nitrogens with two attached hydrogens (primary N) is 1. The van der Waals surface area contributed by atoms with Crippen molar-refractivity contribution < 1.29 is 9.59 Å². The number of hydrogen-bond donors (Lipinski definition) is 2. The topological polar surface area (TPSA) is 112 Å². The summed E-state index contributed by atoms with van der Waals surface area (Å²) in [6.07, 6.45) is 0.156. The number of nitriles is 1. The van der Waals surface area contributed by atoms with Gasteiger partial charge in [-0.05, 0) is 29.8 Å². The Labute approximate surface area is 150 Å². The molecule has 130 valence electrons.